The minimum absolute atomic E-state index is 0.394. The Hall–Kier alpha value is -1.02. The van der Waals surface area contributed by atoms with E-state index in [4.69, 9.17) is 0 Å². The highest BCUT2D eigenvalue weighted by molar-refractivity contribution is 5.57. The molecule has 104 valence electrons. The van der Waals surface area contributed by atoms with Crippen LogP contribution in [0.5, 0.6) is 0 Å². The summed E-state index contributed by atoms with van der Waals surface area (Å²) < 4.78 is 0. The average Bonchev–Trinajstić information content (AvgIpc) is 2.83. The van der Waals surface area contributed by atoms with Crippen LogP contribution in [0.3, 0.4) is 0 Å². The molecule has 0 spiro atoms. The summed E-state index contributed by atoms with van der Waals surface area (Å²) in [6, 6.07) is 8.91. The van der Waals surface area contributed by atoms with Gasteiger partial charge in [-0.2, -0.15) is 0 Å². The summed E-state index contributed by atoms with van der Waals surface area (Å²) in [5.41, 5.74) is 3.39. The fourth-order valence-corrected chi connectivity index (χ4v) is 3.71. The minimum Gasteiger partial charge on any atom is -0.370 e. The van der Waals surface area contributed by atoms with Gasteiger partial charge >= 0.3 is 0 Å². The summed E-state index contributed by atoms with van der Waals surface area (Å²) in [5, 5.41) is 3.57. The summed E-state index contributed by atoms with van der Waals surface area (Å²) in [6.45, 7) is 9.69. The number of piperidine rings is 1. The van der Waals surface area contributed by atoms with Crippen LogP contribution < -0.4 is 10.2 Å². The second-order valence-corrected chi connectivity index (χ2v) is 6.83. The van der Waals surface area contributed by atoms with Gasteiger partial charge in [-0.3, -0.25) is 0 Å². The van der Waals surface area contributed by atoms with Crippen molar-refractivity contribution in [2.75, 3.05) is 31.1 Å². The Kier molecular flexibility index (Phi) is 3.53. The summed E-state index contributed by atoms with van der Waals surface area (Å²) in [4.78, 5) is 2.60. The Bertz CT molecular complexity index is 433. The molecular formula is C17H26N2. The zero-order valence-corrected chi connectivity index (χ0v) is 12.3. The largest absolute Gasteiger partial charge is 0.370 e. The van der Waals surface area contributed by atoms with Gasteiger partial charge in [0.2, 0.25) is 0 Å². The lowest BCUT2D eigenvalue weighted by atomic mass is 9.74. The van der Waals surface area contributed by atoms with Crippen molar-refractivity contribution in [1.29, 1.82) is 0 Å². The lowest BCUT2D eigenvalue weighted by Gasteiger charge is -2.40. The van der Waals surface area contributed by atoms with E-state index < -0.39 is 0 Å². The summed E-state index contributed by atoms with van der Waals surface area (Å²) in [6.07, 6.45) is 3.94. The highest BCUT2D eigenvalue weighted by atomic mass is 15.2. The lowest BCUT2D eigenvalue weighted by Crippen LogP contribution is -2.44. The quantitative estimate of drug-likeness (QED) is 0.896. The Morgan fingerprint density at radius 2 is 2.16 bits per heavy atom. The van der Waals surface area contributed by atoms with Crippen LogP contribution in [-0.4, -0.2) is 26.2 Å². The van der Waals surface area contributed by atoms with Crippen molar-refractivity contribution in [1.82, 2.24) is 5.32 Å². The van der Waals surface area contributed by atoms with Gasteiger partial charge in [0.25, 0.3) is 0 Å². The van der Waals surface area contributed by atoms with Crippen molar-refractivity contribution in [3.05, 3.63) is 29.8 Å². The van der Waals surface area contributed by atoms with Crippen LogP contribution in [0.1, 0.15) is 32.3 Å². The summed E-state index contributed by atoms with van der Waals surface area (Å²) >= 11 is 0. The molecule has 0 bridgehead atoms. The SMILES string of the molecule is CC(C)(CN1CCc2ccccc21)C1CCCNC1. The van der Waals surface area contributed by atoms with Crippen LogP contribution >= 0.6 is 0 Å². The Balaban J connectivity index is 1.71. The third kappa shape index (κ3) is 2.64. The van der Waals surface area contributed by atoms with E-state index in [0.29, 0.717) is 5.41 Å². The van der Waals surface area contributed by atoms with E-state index in [9.17, 15) is 0 Å². The van der Waals surface area contributed by atoms with Crippen LogP contribution in [0.4, 0.5) is 5.69 Å². The Labute approximate surface area is 117 Å². The van der Waals surface area contributed by atoms with Crippen LogP contribution in [0.25, 0.3) is 0 Å². The van der Waals surface area contributed by atoms with E-state index >= 15 is 0 Å². The molecule has 2 heteroatoms. The summed E-state index contributed by atoms with van der Waals surface area (Å²) in [5.74, 6) is 0.814. The fraction of sp³-hybridized carbons (Fsp3) is 0.647. The number of hydrogen-bond acceptors (Lipinski definition) is 2. The number of rotatable bonds is 3. The van der Waals surface area contributed by atoms with Crippen molar-refractivity contribution in [2.24, 2.45) is 11.3 Å². The van der Waals surface area contributed by atoms with E-state index in [-0.39, 0.29) is 0 Å². The topological polar surface area (TPSA) is 15.3 Å². The van der Waals surface area contributed by atoms with Crippen molar-refractivity contribution < 1.29 is 0 Å². The van der Waals surface area contributed by atoms with E-state index in [1.807, 2.05) is 0 Å². The zero-order valence-electron chi connectivity index (χ0n) is 12.3. The highest BCUT2D eigenvalue weighted by Crippen LogP contribution is 2.36. The van der Waals surface area contributed by atoms with Gasteiger partial charge in [0.05, 0.1) is 0 Å². The Morgan fingerprint density at radius 1 is 1.32 bits per heavy atom. The molecule has 3 rings (SSSR count). The van der Waals surface area contributed by atoms with Gasteiger partial charge in [-0.05, 0) is 55.3 Å². The van der Waals surface area contributed by atoms with Crippen molar-refractivity contribution >= 4 is 5.69 Å². The average molecular weight is 258 g/mol. The van der Waals surface area contributed by atoms with Crippen molar-refractivity contribution in [2.45, 2.75) is 33.1 Å². The van der Waals surface area contributed by atoms with Gasteiger partial charge in [0.15, 0.2) is 0 Å². The van der Waals surface area contributed by atoms with Gasteiger partial charge in [0, 0.05) is 18.8 Å². The third-order valence-corrected chi connectivity index (χ3v) is 4.98. The van der Waals surface area contributed by atoms with Gasteiger partial charge in [-0.1, -0.05) is 32.0 Å². The lowest BCUT2D eigenvalue weighted by molar-refractivity contribution is 0.177. The molecule has 1 unspecified atom stereocenters. The molecule has 2 nitrogen and oxygen atoms in total. The van der Waals surface area contributed by atoms with E-state index in [1.54, 1.807) is 0 Å². The number of hydrogen-bond donors (Lipinski definition) is 1. The number of fused-ring (bicyclic) bond motifs is 1. The first-order valence-corrected chi connectivity index (χ1v) is 7.70. The summed E-state index contributed by atoms with van der Waals surface area (Å²) in [7, 11) is 0. The zero-order chi connectivity index (χ0) is 13.3. The minimum atomic E-state index is 0.394. The number of nitrogens with zero attached hydrogens (tertiary/aromatic N) is 1. The van der Waals surface area contributed by atoms with Crippen LogP contribution in [0.2, 0.25) is 0 Å². The standard InChI is InChI=1S/C17H26N2/c1-17(2,15-7-5-10-18-12-15)13-19-11-9-14-6-3-4-8-16(14)19/h3-4,6,8,15,18H,5,7,9-13H2,1-2H3. The molecule has 0 saturated carbocycles. The molecule has 1 aromatic rings. The Morgan fingerprint density at radius 3 is 2.95 bits per heavy atom. The van der Waals surface area contributed by atoms with Gasteiger partial charge < -0.3 is 10.2 Å². The monoisotopic (exact) mass is 258 g/mol. The first-order chi connectivity index (χ1) is 9.17. The molecule has 0 aromatic heterocycles. The van der Waals surface area contributed by atoms with Crippen molar-refractivity contribution in [3.8, 4) is 0 Å². The molecule has 2 aliphatic rings. The number of benzene rings is 1. The molecule has 19 heavy (non-hydrogen) atoms. The molecule has 0 aliphatic carbocycles. The van der Waals surface area contributed by atoms with Crippen molar-refractivity contribution in [3.63, 3.8) is 0 Å². The first kappa shape index (κ1) is 13.0. The predicted molar refractivity (Wildman–Crippen MR) is 81.7 cm³/mol. The molecule has 0 radical (unpaired) electrons. The van der Waals surface area contributed by atoms with Crippen LogP contribution in [0.15, 0.2) is 24.3 Å². The molecule has 1 aromatic carbocycles. The van der Waals surface area contributed by atoms with Gasteiger partial charge in [-0.25, -0.2) is 0 Å². The molecular weight excluding hydrogens is 232 g/mol. The first-order valence-electron chi connectivity index (χ1n) is 7.70. The van der Waals surface area contributed by atoms with Gasteiger partial charge in [-0.15, -0.1) is 0 Å². The maximum atomic E-state index is 3.57. The number of anilines is 1. The third-order valence-electron chi connectivity index (χ3n) is 4.98. The van der Waals surface area contributed by atoms with E-state index in [0.717, 1.165) is 5.92 Å². The van der Waals surface area contributed by atoms with Crippen LogP contribution in [0, 0.1) is 11.3 Å². The predicted octanol–water partition coefficient (Wildman–Crippen LogP) is 3.07. The molecule has 1 saturated heterocycles. The second-order valence-electron chi connectivity index (χ2n) is 6.83. The van der Waals surface area contributed by atoms with E-state index in [2.05, 4.69) is 48.3 Å². The van der Waals surface area contributed by atoms with E-state index in [1.165, 1.54) is 56.7 Å². The number of nitrogens with one attached hydrogen (secondary N) is 1. The maximum absolute atomic E-state index is 3.57. The normalized spacial score (nSPS) is 23.5. The molecule has 0 amide bonds. The fourth-order valence-electron chi connectivity index (χ4n) is 3.71. The molecule has 1 fully saturated rings. The maximum Gasteiger partial charge on any atom is 0.0399 e. The smallest absolute Gasteiger partial charge is 0.0399 e. The molecule has 1 N–H and O–H groups in total. The number of para-hydroxylation sites is 1. The van der Waals surface area contributed by atoms with Crippen LogP contribution in [-0.2, 0) is 6.42 Å². The molecule has 2 aliphatic heterocycles. The molecule has 1 atom stereocenters. The van der Waals surface area contributed by atoms with Gasteiger partial charge in [0.1, 0.15) is 0 Å². The highest BCUT2D eigenvalue weighted by Gasteiger charge is 2.33. The molecule has 2 heterocycles. The second kappa shape index (κ2) is 5.16.